The second-order valence-electron chi connectivity index (χ2n) is 4.29. The van der Waals surface area contributed by atoms with Crippen molar-refractivity contribution in [1.82, 2.24) is 10.6 Å². The van der Waals surface area contributed by atoms with Crippen molar-refractivity contribution in [3.8, 4) is 11.5 Å². The highest BCUT2D eigenvalue weighted by Gasteiger charge is 2.24. The summed E-state index contributed by atoms with van der Waals surface area (Å²) in [4.78, 5) is 23.0. The van der Waals surface area contributed by atoms with Crippen molar-refractivity contribution in [2.45, 2.75) is 6.04 Å². The Kier molecular flexibility index (Phi) is 2.96. The van der Waals surface area contributed by atoms with Crippen LogP contribution in [0, 0.1) is 0 Å². The van der Waals surface area contributed by atoms with Crippen LogP contribution >= 0.6 is 0 Å². The van der Waals surface area contributed by atoms with E-state index in [1.807, 2.05) is 0 Å². The topological polar surface area (TPSA) is 88.7 Å². The monoisotopic (exact) mass is 263 g/mol. The molecule has 1 fully saturated rings. The predicted octanol–water partition coefficient (Wildman–Crippen LogP) is -0.558. The van der Waals surface area contributed by atoms with Crippen LogP contribution in [0.2, 0.25) is 0 Å². The van der Waals surface area contributed by atoms with Crippen molar-refractivity contribution in [2.75, 3.05) is 25.2 Å². The second-order valence-corrected chi connectivity index (χ2v) is 4.29. The van der Waals surface area contributed by atoms with Gasteiger partial charge in [0.15, 0.2) is 11.5 Å². The van der Waals surface area contributed by atoms with Gasteiger partial charge in [0.2, 0.25) is 18.6 Å². The van der Waals surface area contributed by atoms with Crippen molar-refractivity contribution in [1.29, 1.82) is 0 Å². The van der Waals surface area contributed by atoms with E-state index in [1.165, 1.54) is 0 Å². The molecule has 1 aromatic carbocycles. The number of ether oxygens (including phenoxy) is 2. The molecule has 0 spiro atoms. The lowest BCUT2D eigenvalue weighted by molar-refractivity contribution is -0.124. The molecule has 2 heterocycles. The minimum Gasteiger partial charge on any atom is -0.454 e. The normalized spacial score (nSPS) is 20.8. The van der Waals surface area contributed by atoms with Crippen LogP contribution in [0.4, 0.5) is 5.69 Å². The van der Waals surface area contributed by atoms with E-state index in [9.17, 15) is 9.59 Å². The Hall–Kier alpha value is -2.28. The molecule has 2 aliphatic heterocycles. The third-order valence-corrected chi connectivity index (χ3v) is 2.97. The van der Waals surface area contributed by atoms with E-state index in [-0.39, 0.29) is 31.7 Å². The predicted molar refractivity (Wildman–Crippen MR) is 66.0 cm³/mol. The Balaban J connectivity index is 1.64. The van der Waals surface area contributed by atoms with Crippen molar-refractivity contribution in [3.05, 3.63) is 18.2 Å². The number of amides is 2. The van der Waals surface area contributed by atoms with Gasteiger partial charge in [-0.05, 0) is 12.1 Å². The molecule has 1 unspecified atom stereocenters. The van der Waals surface area contributed by atoms with Crippen LogP contribution in [0.15, 0.2) is 18.2 Å². The lowest BCUT2D eigenvalue weighted by Gasteiger charge is -2.23. The van der Waals surface area contributed by atoms with Crippen molar-refractivity contribution in [3.63, 3.8) is 0 Å². The second kappa shape index (κ2) is 4.77. The maximum absolute atomic E-state index is 12.0. The molecule has 7 heteroatoms. The average molecular weight is 263 g/mol. The summed E-state index contributed by atoms with van der Waals surface area (Å²) in [5.74, 6) is 0.981. The fourth-order valence-corrected chi connectivity index (χ4v) is 1.96. The van der Waals surface area contributed by atoms with Crippen LogP contribution in [0.1, 0.15) is 0 Å². The van der Waals surface area contributed by atoms with E-state index in [4.69, 9.17) is 9.47 Å². The molecule has 0 radical (unpaired) electrons. The first-order chi connectivity index (χ1) is 9.22. The molecule has 19 heavy (non-hydrogen) atoms. The molecule has 3 rings (SSSR count). The number of carbonyl (C=O) groups excluding carboxylic acids is 2. The van der Waals surface area contributed by atoms with Gasteiger partial charge in [-0.3, -0.25) is 14.9 Å². The van der Waals surface area contributed by atoms with Crippen LogP contribution in [0.25, 0.3) is 0 Å². The summed E-state index contributed by atoms with van der Waals surface area (Å²) in [5, 5.41) is 8.26. The largest absolute Gasteiger partial charge is 0.454 e. The lowest BCUT2D eigenvalue weighted by atomic mass is 10.2. The van der Waals surface area contributed by atoms with Gasteiger partial charge >= 0.3 is 0 Å². The number of rotatable bonds is 2. The average Bonchev–Trinajstić information content (AvgIpc) is 2.87. The van der Waals surface area contributed by atoms with E-state index in [2.05, 4.69) is 16.0 Å². The zero-order valence-electron chi connectivity index (χ0n) is 10.1. The highest BCUT2D eigenvalue weighted by Crippen LogP contribution is 2.34. The number of hydrogen-bond acceptors (Lipinski definition) is 5. The maximum Gasteiger partial charge on any atom is 0.243 e. The molecule has 0 aliphatic carbocycles. The first kappa shape index (κ1) is 11.8. The maximum atomic E-state index is 12.0. The molecule has 2 amide bonds. The van der Waals surface area contributed by atoms with Gasteiger partial charge < -0.3 is 20.1 Å². The molecule has 3 N–H and O–H groups in total. The molecule has 0 saturated carbocycles. The zero-order chi connectivity index (χ0) is 13.2. The molecule has 2 aliphatic rings. The number of nitrogens with one attached hydrogen (secondary N) is 3. The number of carbonyl (C=O) groups is 2. The van der Waals surface area contributed by atoms with E-state index in [1.54, 1.807) is 18.2 Å². The minimum absolute atomic E-state index is 0.105. The molecule has 0 bridgehead atoms. The highest BCUT2D eigenvalue weighted by molar-refractivity contribution is 5.96. The van der Waals surface area contributed by atoms with Gasteiger partial charge in [-0.2, -0.15) is 0 Å². The van der Waals surface area contributed by atoms with Crippen LogP contribution < -0.4 is 25.4 Å². The molecule has 100 valence electrons. The molecule has 1 atom stereocenters. The van der Waals surface area contributed by atoms with Crippen molar-refractivity contribution in [2.24, 2.45) is 0 Å². The Morgan fingerprint density at radius 3 is 2.95 bits per heavy atom. The fraction of sp³-hybridized carbons (Fsp3) is 0.333. The Bertz CT molecular complexity index is 522. The summed E-state index contributed by atoms with van der Waals surface area (Å²) >= 11 is 0. The van der Waals surface area contributed by atoms with Crippen LogP contribution in [0.3, 0.4) is 0 Å². The van der Waals surface area contributed by atoms with E-state index >= 15 is 0 Å². The lowest BCUT2D eigenvalue weighted by Crippen LogP contribution is -2.56. The molecule has 0 aromatic heterocycles. The van der Waals surface area contributed by atoms with Gasteiger partial charge in [0, 0.05) is 18.3 Å². The number of piperazine rings is 1. The SMILES string of the molecule is O=C1CNC(C(=O)Nc2ccc3c(c2)OCO3)CN1. The number of hydrogen-bond donors (Lipinski definition) is 3. The Morgan fingerprint density at radius 1 is 1.32 bits per heavy atom. The van der Waals surface area contributed by atoms with Gasteiger partial charge in [-0.15, -0.1) is 0 Å². The summed E-state index contributed by atoms with van der Waals surface area (Å²) in [5.41, 5.74) is 0.632. The minimum atomic E-state index is -0.428. The van der Waals surface area contributed by atoms with Gasteiger partial charge in [0.05, 0.1) is 6.54 Å². The number of anilines is 1. The summed E-state index contributed by atoms with van der Waals surface area (Å²) < 4.78 is 10.4. The zero-order valence-corrected chi connectivity index (χ0v) is 10.1. The summed E-state index contributed by atoms with van der Waals surface area (Å²) in [6, 6.07) is 4.77. The van der Waals surface area contributed by atoms with Crippen molar-refractivity contribution < 1.29 is 19.1 Å². The third-order valence-electron chi connectivity index (χ3n) is 2.97. The smallest absolute Gasteiger partial charge is 0.243 e. The standard InChI is InChI=1S/C12H13N3O4/c16-11-5-13-8(4-14-11)12(17)15-7-1-2-9-10(3-7)19-6-18-9/h1-3,8,13H,4-6H2,(H,14,16)(H,15,17). The van der Waals surface area contributed by atoms with Gasteiger partial charge in [0.1, 0.15) is 6.04 Å². The van der Waals surface area contributed by atoms with Gasteiger partial charge in [-0.1, -0.05) is 0 Å². The molecule has 1 aromatic rings. The van der Waals surface area contributed by atoms with E-state index in [0.717, 1.165) is 0 Å². The first-order valence-corrected chi connectivity index (χ1v) is 5.93. The Labute approximate surface area is 109 Å². The molecular formula is C12H13N3O4. The van der Waals surface area contributed by atoms with Crippen LogP contribution in [0.5, 0.6) is 11.5 Å². The van der Waals surface area contributed by atoms with Crippen LogP contribution in [-0.2, 0) is 9.59 Å². The summed E-state index contributed by atoms with van der Waals surface area (Å²) in [6.45, 7) is 0.636. The van der Waals surface area contributed by atoms with Crippen LogP contribution in [-0.4, -0.2) is 37.7 Å². The van der Waals surface area contributed by atoms with E-state index in [0.29, 0.717) is 17.2 Å². The quantitative estimate of drug-likeness (QED) is 0.665. The fourth-order valence-electron chi connectivity index (χ4n) is 1.96. The van der Waals surface area contributed by atoms with Gasteiger partial charge in [0.25, 0.3) is 0 Å². The first-order valence-electron chi connectivity index (χ1n) is 5.93. The third kappa shape index (κ3) is 2.45. The number of fused-ring (bicyclic) bond motifs is 1. The molecule has 1 saturated heterocycles. The Morgan fingerprint density at radius 2 is 2.16 bits per heavy atom. The highest BCUT2D eigenvalue weighted by atomic mass is 16.7. The molecule has 7 nitrogen and oxygen atoms in total. The number of benzene rings is 1. The van der Waals surface area contributed by atoms with Gasteiger partial charge in [-0.25, -0.2) is 0 Å². The molecular weight excluding hydrogens is 250 g/mol. The van der Waals surface area contributed by atoms with E-state index < -0.39 is 6.04 Å². The summed E-state index contributed by atoms with van der Waals surface area (Å²) in [7, 11) is 0. The van der Waals surface area contributed by atoms with Crippen molar-refractivity contribution >= 4 is 17.5 Å². The summed E-state index contributed by atoms with van der Waals surface area (Å²) in [6.07, 6.45) is 0.